The minimum absolute atomic E-state index is 0.000641. The van der Waals surface area contributed by atoms with Crippen molar-refractivity contribution in [3.05, 3.63) is 53.8 Å². The molecule has 4 fully saturated rings. The summed E-state index contributed by atoms with van der Waals surface area (Å²) < 4.78 is 13.9. The van der Waals surface area contributed by atoms with Crippen LogP contribution in [0.5, 0.6) is 0 Å². The number of anilines is 2. The normalized spacial score (nSPS) is 26.3. The highest BCUT2D eigenvalue weighted by Gasteiger charge is 2.51. The molecule has 0 spiro atoms. The first-order valence-corrected chi connectivity index (χ1v) is 13.2. The number of hydrogen-bond donors (Lipinski definition) is 3. The fourth-order valence-corrected chi connectivity index (χ4v) is 7.46. The number of carbonyl (C=O) groups excluding carboxylic acids is 3. The van der Waals surface area contributed by atoms with Gasteiger partial charge in [-0.1, -0.05) is 12.1 Å². The van der Waals surface area contributed by atoms with Crippen LogP contribution in [0.25, 0.3) is 0 Å². The third-order valence-corrected chi connectivity index (χ3v) is 8.54. The van der Waals surface area contributed by atoms with Crippen LogP contribution in [0.4, 0.5) is 15.8 Å². The number of hydrogen-bond acceptors (Lipinski definition) is 4. The number of carbonyl (C=O) groups is 3. The van der Waals surface area contributed by atoms with E-state index < -0.39 is 11.7 Å². The van der Waals surface area contributed by atoms with Gasteiger partial charge in [-0.25, -0.2) is 4.39 Å². The van der Waals surface area contributed by atoms with Crippen molar-refractivity contribution in [2.24, 2.45) is 17.8 Å². The van der Waals surface area contributed by atoms with Gasteiger partial charge in [0.1, 0.15) is 5.82 Å². The maximum Gasteiger partial charge on any atom is 0.256 e. The molecule has 4 aliphatic carbocycles. The van der Waals surface area contributed by atoms with E-state index in [0.29, 0.717) is 16.1 Å². The number of benzene rings is 2. The van der Waals surface area contributed by atoms with E-state index in [4.69, 9.17) is 0 Å². The highest BCUT2D eigenvalue weighted by Crippen LogP contribution is 2.55. The van der Waals surface area contributed by atoms with Crippen molar-refractivity contribution in [1.82, 2.24) is 5.32 Å². The van der Waals surface area contributed by atoms with E-state index in [-0.39, 0.29) is 28.8 Å². The second kappa shape index (κ2) is 9.64. The summed E-state index contributed by atoms with van der Waals surface area (Å²) in [5, 5.41) is 8.55. The van der Waals surface area contributed by atoms with Crippen LogP contribution in [0.1, 0.15) is 55.8 Å². The minimum atomic E-state index is -0.584. The highest BCUT2D eigenvalue weighted by atomic mass is 32.2. The molecule has 184 valence electrons. The Morgan fingerprint density at radius 3 is 2.29 bits per heavy atom. The summed E-state index contributed by atoms with van der Waals surface area (Å²) >= 11 is 1.35. The SMILES string of the molecule is CC(=O)Nc1cc(NC(=O)c2ccccc2SCC(=O)NC23CC4CC(CC(C4)C2)C3)ccc1F. The molecule has 4 saturated carbocycles. The molecule has 4 aliphatic rings. The summed E-state index contributed by atoms with van der Waals surface area (Å²) in [5.41, 5.74) is 0.765. The van der Waals surface area contributed by atoms with Gasteiger partial charge < -0.3 is 16.0 Å². The van der Waals surface area contributed by atoms with Gasteiger partial charge in [0.2, 0.25) is 11.8 Å². The largest absolute Gasteiger partial charge is 0.350 e. The van der Waals surface area contributed by atoms with Crippen LogP contribution >= 0.6 is 11.8 Å². The Hall–Kier alpha value is -2.87. The molecular formula is C27H30FN3O3S. The van der Waals surface area contributed by atoms with E-state index in [1.54, 1.807) is 12.1 Å². The Balaban J connectivity index is 1.22. The second-order valence-corrected chi connectivity index (χ2v) is 11.4. The fourth-order valence-electron chi connectivity index (χ4n) is 6.61. The Labute approximate surface area is 208 Å². The third-order valence-electron chi connectivity index (χ3n) is 7.47. The predicted molar refractivity (Wildman–Crippen MR) is 135 cm³/mol. The molecule has 0 heterocycles. The smallest absolute Gasteiger partial charge is 0.256 e. The van der Waals surface area contributed by atoms with Crippen LogP contribution in [0.2, 0.25) is 0 Å². The number of thioether (sulfide) groups is 1. The minimum Gasteiger partial charge on any atom is -0.350 e. The van der Waals surface area contributed by atoms with Crippen LogP contribution in [0.3, 0.4) is 0 Å². The van der Waals surface area contributed by atoms with Crippen molar-refractivity contribution < 1.29 is 18.8 Å². The molecule has 3 N–H and O–H groups in total. The predicted octanol–water partition coefficient (Wildman–Crippen LogP) is 5.21. The quantitative estimate of drug-likeness (QED) is 0.460. The Morgan fingerprint density at radius 1 is 0.971 bits per heavy atom. The maximum absolute atomic E-state index is 13.9. The van der Waals surface area contributed by atoms with Crippen molar-refractivity contribution in [1.29, 1.82) is 0 Å². The summed E-state index contributed by atoms with van der Waals surface area (Å²) in [7, 11) is 0. The van der Waals surface area contributed by atoms with E-state index in [2.05, 4.69) is 16.0 Å². The molecule has 3 amide bonds. The lowest BCUT2D eigenvalue weighted by molar-refractivity contribution is -0.124. The molecule has 0 aliphatic heterocycles. The van der Waals surface area contributed by atoms with Crippen LogP contribution < -0.4 is 16.0 Å². The average molecular weight is 496 g/mol. The van der Waals surface area contributed by atoms with Crippen molar-refractivity contribution >= 4 is 40.9 Å². The zero-order chi connectivity index (χ0) is 24.6. The third kappa shape index (κ3) is 5.37. The molecule has 2 aromatic rings. The van der Waals surface area contributed by atoms with Gasteiger partial charge in [0.05, 0.1) is 17.0 Å². The van der Waals surface area contributed by atoms with E-state index in [1.807, 2.05) is 12.1 Å². The molecule has 0 saturated heterocycles. The first kappa shape index (κ1) is 23.9. The first-order valence-electron chi connectivity index (χ1n) is 12.2. The first-order chi connectivity index (χ1) is 16.8. The molecule has 4 bridgehead atoms. The summed E-state index contributed by atoms with van der Waals surface area (Å²) in [5.74, 6) is 1.19. The van der Waals surface area contributed by atoms with Crippen molar-refractivity contribution in [2.75, 3.05) is 16.4 Å². The van der Waals surface area contributed by atoms with Crippen molar-refractivity contribution in [2.45, 2.75) is 55.9 Å². The molecule has 0 aromatic heterocycles. The monoisotopic (exact) mass is 495 g/mol. The standard InChI is InChI=1S/C27H30FN3O3S/c1-16(32)29-23-11-20(6-7-22(23)28)30-26(34)21-4-2-3-5-24(21)35-15-25(33)31-27-12-17-8-18(13-27)10-19(9-17)14-27/h2-7,11,17-19H,8-10,12-15H2,1H3,(H,29,32)(H,30,34)(H,31,33). The molecular weight excluding hydrogens is 465 g/mol. The van der Waals surface area contributed by atoms with E-state index in [9.17, 15) is 18.8 Å². The Bertz CT molecular complexity index is 1130. The lowest BCUT2D eigenvalue weighted by Gasteiger charge is -2.56. The van der Waals surface area contributed by atoms with Crippen LogP contribution in [-0.2, 0) is 9.59 Å². The van der Waals surface area contributed by atoms with Crippen LogP contribution in [-0.4, -0.2) is 29.0 Å². The summed E-state index contributed by atoms with van der Waals surface area (Å²) in [6.07, 6.45) is 7.29. The van der Waals surface area contributed by atoms with Gasteiger partial charge in [-0.15, -0.1) is 11.8 Å². The van der Waals surface area contributed by atoms with Crippen molar-refractivity contribution in [3.8, 4) is 0 Å². The molecule has 8 heteroatoms. The molecule has 0 unspecified atom stereocenters. The molecule has 35 heavy (non-hydrogen) atoms. The number of amides is 3. The van der Waals surface area contributed by atoms with E-state index in [0.717, 1.165) is 37.0 Å². The summed E-state index contributed by atoms with van der Waals surface area (Å²) in [6.45, 7) is 1.29. The Morgan fingerprint density at radius 2 is 1.63 bits per heavy atom. The molecule has 0 atom stereocenters. The van der Waals surface area contributed by atoms with Gasteiger partial charge in [-0.05, 0) is 86.6 Å². The van der Waals surface area contributed by atoms with E-state index >= 15 is 0 Å². The number of rotatable bonds is 7. The van der Waals surface area contributed by atoms with Crippen LogP contribution in [0.15, 0.2) is 47.4 Å². The van der Waals surface area contributed by atoms with Crippen LogP contribution in [0, 0.1) is 23.6 Å². The number of nitrogens with one attached hydrogen (secondary N) is 3. The van der Waals surface area contributed by atoms with Gasteiger partial charge >= 0.3 is 0 Å². The fraction of sp³-hybridized carbons (Fsp3) is 0.444. The summed E-state index contributed by atoms with van der Waals surface area (Å²) in [6, 6.07) is 11.1. The number of halogens is 1. The van der Waals surface area contributed by atoms with Gasteiger partial charge in [-0.2, -0.15) is 0 Å². The topological polar surface area (TPSA) is 87.3 Å². The summed E-state index contributed by atoms with van der Waals surface area (Å²) in [4.78, 5) is 37.9. The second-order valence-electron chi connectivity index (χ2n) is 10.4. The average Bonchev–Trinajstić information content (AvgIpc) is 2.78. The van der Waals surface area contributed by atoms with Gasteiger partial charge in [0.15, 0.2) is 0 Å². The lowest BCUT2D eigenvalue weighted by atomic mass is 9.53. The van der Waals surface area contributed by atoms with Crippen molar-refractivity contribution in [3.63, 3.8) is 0 Å². The lowest BCUT2D eigenvalue weighted by Crippen LogP contribution is -2.60. The zero-order valence-corrected chi connectivity index (χ0v) is 20.6. The molecule has 2 aromatic carbocycles. The molecule has 6 rings (SSSR count). The van der Waals surface area contributed by atoms with Gasteiger partial charge in [0, 0.05) is 23.0 Å². The molecule has 0 radical (unpaired) electrons. The van der Waals surface area contributed by atoms with Gasteiger partial charge in [0.25, 0.3) is 5.91 Å². The zero-order valence-electron chi connectivity index (χ0n) is 19.7. The molecule has 6 nitrogen and oxygen atoms in total. The van der Waals surface area contributed by atoms with Gasteiger partial charge in [-0.3, -0.25) is 14.4 Å². The van der Waals surface area contributed by atoms with E-state index in [1.165, 1.54) is 56.1 Å². The maximum atomic E-state index is 13.9. The Kier molecular flexibility index (Phi) is 6.57. The highest BCUT2D eigenvalue weighted by molar-refractivity contribution is 8.00.